The average Bonchev–Trinajstić information content (AvgIpc) is 3.35. The number of rotatable bonds is 8. The van der Waals surface area contributed by atoms with Crippen molar-refractivity contribution >= 4 is 11.6 Å². The molecule has 3 aromatic carbocycles. The number of carbonyl (C=O) groups excluding carboxylic acids is 1. The standard InChI is InChI=1S/C28H28N2O10/c1-36-17-12-10-16(11-13-17)28-21(15-8-6-5-7-9-15)20(26(32)29-39-4)25(31)27(28,33)22-18(37-2)14-19(38-3)23(30(34)35)24(22)40-28/h5-14,20-21,25,31,33H,1-4H3,(H,29,32)/t20-,21-,25-,27+,28+/m1/s1. The van der Waals surface area contributed by atoms with E-state index < -0.39 is 45.7 Å². The van der Waals surface area contributed by atoms with Crippen molar-refractivity contribution in [3.63, 3.8) is 0 Å². The van der Waals surface area contributed by atoms with E-state index in [1.807, 2.05) is 0 Å². The minimum atomic E-state index is -2.43. The van der Waals surface area contributed by atoms with Crippen molar-refractivity contribution in [2.45, 2.75) is 23.2 Å². The molecule has 1 amide bonds. The first-order valence-corrected chi connectivity index (χ1v) is 12.3. The molecule has 0 aromatic heterocycles. The van der Waals surface area contributed by atoms with Crippen LogP contribution in [0.3, 0.4) is 0 Å². The molecule has 12 nitrogen and oxygen atoms in total. The fourth-order valence-corrected chi connectivity index (χ4v) is 6.20. The summed E-state index contributed by atoms with van der Waals surface area (Å²) < 4.78 is 22.7. The van der Waals surface area contributed by atoms with Crippen LogP contribution in [0.15, 0.2) is 60.7 Å². The zero-order valence-electron chi connectivity index (χ0n) is 22.1. The van der Waals surface area contributed by atoms with Gasteiger partial charge in [-0.1, -0.05) is 42.5 Å². The molecule has 5 rings (SSSR count). The molecular weight excluding hydrogens is 524 g/mol. The first-order valence-electron chi connectivity index (χ1n) is 12.3. The average molecular weight is 553 g/mol. The molecule has 210 valence electrons. The van der Waals surface area contributed by atoms with Gasteiger partial charge < -0.3 is 29.2 Å². The van der Waals surface area contributed by atoms with Gasteiger partial charge in [0.2, 0.25) is 17.4 Å². The largest absolute Gasteiger partial charge is 0.497 e. The maximum Gasteiger partial charge on any atom is 0.353 e. The summed E-state index contributed by atoms with van der Waals surface area (Å²) in [7, 11) is 5.30. The lowest BCUT2D eigenvalue weighted by atomic mass is 9.70. The Morgan fingerprint density at radius 3 is 2.20 bits per heavy atom. The molecule has 1 fully saturated rings. The molecule has 0 radical (unpaired) electrons. The highest BCUT2D eigenvalue weighted by Crippen LogP contribution is 2.71. The van der Waals surface area contributed by atoms with E-state index in [0.29, 0.717) is 16.9 Å². The summed E-state index contributed by atoms with van der Waals surface area (Å²) in [5, 5.41) is 37.1. The van der Waals surface area contributed by atoms with E-state index in [-0.39, 0.29) is 22.8 Å². The van der Waals surface area contributed by atoms with Crippen LogP contribution in [-0.4, -0.2) is 55.6 Å². The molecule has 1 aliphatic carbocycles. The SMILES string of the molecule is CONC(=O)[C@H]1[C@@H](O)[C@@]2(O)c3c(OC)cc(OC)c([N+](=O)[O-])c3O[C@@]2(c2ccc(OC)cc2)[C@@H]1c1ccccc1. The Morgan fingerprint density at radius 2 is 1.65 bits per heavy atom. The Hall–Kier alpha value is -4.39. The zero-order valence-corrected chi connectivity index (χ0v) is 22.1. The van der Waals surface area contributed by atoms with Gasteiger partial charge in [-0.05, 0) is 23.3 Å². The molecule has 0 unspecified atom stereocenters. The van der Waals surface area contributed by atoms with Gasteiger partial charge in [-0.15, -0.1) is 0 Å². The highest BCUT2D eigenvalue weighted by Gasteiger charge is 2.79. The summed E-state index contributed by atoms with van der Waals surface area (Å²) in [6.07, 6.45) is -1.85. The first kappa shape index (κ1) is 27.2. The summed E-state index contributed by atoms with van der Waals surface area (Å²) in [6, 6.07) is 16.4. The molecule has 12 heteroatoms. The van der Waals surface area contributed by atoms with E-state index in [4.69, 9.17) is 23.8 Å². The summed E-state index contributed by atoms with van der Waals surface area (Å²) in [6.45, 7) is 0. The van der Waals surface area contributed by atoms with Crippen molar-refractivity contribution in [3.8, 4) is 23.0 Å². The van der Waals surface area contributed by atoms with Crippen LogP contribution in [-0.2, 0) is 20.8 Å². The molecule has 40 heavy (non-hydrogen) atoms. The van der Waals surface area contributed by atoms with Crippen LogP contribution in [0.25, 0.3) is 0 Å². The number of benzene rings is 3. The number of aliphatic hydroxyl groups is 2. The highest BCUT2D eigenvalue weighted by atomic mass is 16.6. The van der Waals surface area contributed by atoms with Crippen LogP contribution in [0.4, 0.5) is 5.69 Å². The summed E-state index contributed by atoms with van der Waals surface area (Å²) >= 11 is 0. The molecule has 2 aliphatic rings. The third-order valence-corrected chi connectivity index (χ3v) is 7.77. The van der Waals surface area contributed by atoms with E-state index in [0.717, 1.165) is 0 Å². The van der Waals surface area contributed by atoms with Gasteiger partial charge in [-0.2, -0.15) is 0 Å². The third-order valence-electron chi connectivity index (χ3n) is 7.77. The van der Waals surface area contributed by atoms with Crippen LogP contribution in [0.5, 0.6) is 23.0 Å². The first-order chi connectivity index (χ1) is 19.2. The Bertz CT molecular complexity index is 1450. The summed E-state index contributed by atoms with van der Waals surface area (Å²) in [4.78, 5) is 30.0. The topological polar surface area (TPSA) is 159 Å². The number of methoxy groups -OCH3 is 3. The molecule has 0 saturated heterocycles. The van der Waals surface area contributed by atoms with Crippen molar-refractivity contribution in [2.24, 2.45) is 5.92 Å². The minimum Gasteiger partial charge on any atom is -0.497 e. The van der Waals surface area contributed by atoms with E-state index in [2.05, 4.69) is 5.48 Å². The van der Waals surface area contributed by atoms with E-state index >= 15 is 0 Å². The van der Waals surface area contributed by atoms with Gasteiger partial charge in [0.25, 0.3) is 0 Å². The van der Waals surface area contributed by atoms with Gasteiger partial charge in [0.15, 0.2) is 11.2 Å². The number of nitro groups is 1. The molecule has 0 spiro atoms. The number of carbonyl (C=O) groups is 1. The Morgan fingerprint density at radius 1 is 1.00 bits per heavy atom. The second kappa shape index (κ2) is 9.97. The molecule has 1 heterocycles. The number of amides is 1. The van der Waals surface area contributed by atoms with Gasteiger partial charge in [0.1, 0.15) is 17.6 Å². The molecule has 5 atom stereocenters. The number of nitrogens with one attached hydrogen (secondary N) is 1. The van der Waals surface area contributed by atoms with Gasteiger partial charge in [0, 0.05) is 12.0 Å². The predicted molar refractivity (Wildman–Crippen MR) is 139 cm³/mol. The van der Waals surface area contributed by atoms with Crippen molar-refractivity contribution in [3.05, 3.63) is 87.5 Å². The molecule has 1 saturated carbocycles. The van der Waals surface area contributed by atoms with Crippen molar-refractivity contribution < 1.29 is 43.7 Å². The fourth-order valence-electron chi connectivity index (χ4n) is 6.20. The number of aliphatic hydroxyl groups excluding tert-OH is 1. The van der Waals surface area contributed by atoms with Gasteiger partial charge in [-0.25, -0.2) is 5.48 Å². The minimum absolute atomic E-state index is 0.0333. The monoisotopic (exact) mass is 552 g/mol. The number of ether oxygens (including phenoxy) is 4. The number of hydrogen-bond acceptors (Lipinski definition) is 10. The van der Waals surface area contributed by atoms with Gasteiger partial charge in [0.05, 0.1) is 44.8 Å². The molecule has 3 N–H and O–H groups in total. The van der Waals surface area contributed by atoms with Gasteiger partial charge >= 0.3 is 5.69 Å². The van der Waals surface area contributed by atoms with Gasteiger partial charge in [-0.3, -0.25) is 19.7 Å². The zero-order chi connectivity index (χ0) is 28.8. The Labute approximate surface area is 229 Å². The lowest BCUT2D eigenvalue weighted by Gasteiger charge is -2.40. The number of nitro benzene ring substituents is 1. The van der Waals surface area contributed by atoms with E-state index in [1.54, 1.807) is 54.6 Å². The lowest BCUT2D eigenvalue weighted by Crippen LogP contribution is -2.52. The summed E-state index contributed by atoms with van der Waals surface area (Å²) in [5.41, 5.74) is -2.04. The lowest BCUT2D eigenvalue weighted by molar-refractivity contribution is -0.387. The second-order valence-electron chi connectivity index (χ2n) is 9.45. The normalized spacial score (nSPS) is 26.3. The highest BCUT2D eigenvalue weighted by molar-refractivity contribution is 5.83. The molecule has 1 aliphatic heterocycles. The van der Waals surface area contributed by atoms with Crippen LogP contribution in [0.2, 0.25) is 0 Å². The smallest absolute Gasteiger partial charge is 0.353 e. The maximum atomic E-state index is 13.5. The summed E-state index contributed by atoms with van der Waals surface area (Å²) in [5.74, 6) is -3.21. The van der Waals surface area contributed by atoms with Crippen LogP contribution in [0.1, 0.15) is 22.6 Å². The van der Waals surface area contributed by atoms with Crippen LogP contribution in [0, 0.1) is 16.0 Å². The fraction of sp³-hybridized carbons (Fsp3) is 0.321. The number of hydroxylamine groups is 1. The molecule has 0 bridgehead atoms. The van der Waals surface area contributed by atoms with Crippen molar-refractivity contribution in [1.82, 2.24) is 5.48 Å². The Balaban J connectivity index is 1.93. The van der Waals surface area contributed by atoms with Crippen molar-refractivity contribution in [2.75, 3.05) is 28.4 Å². The predicted octanol–water partition coefficient (Wildman–Crippen LogP) is 2.55. The number of nitrogens with zero attached hydrogens (tertiary/aromatic N) is 1. The second-order valence-corrected chi connectivity index (χ2v) is 9.45. The number of fused-ring (bicyclic) bond motifs is 3. The quantitative estimate of drug-likeness (QED) is 0.280. The Kier molecular flexibility index (Phi) is 6.78. The van der Waals surface area contributed by atoms with E-state index in [1.165, 1.54) is 34.5 Å². The van der Waals surface area contributed by atoms with Crippen LogP contribution < -0.4 is 24.4 Å². The third kappa shape index (κ3) is 3.53. The molecular formula is C28H28N2O10. The van der Waals surface area contributed by atoms with Crippen LogP contribution >= 0.6 is 0 Å². The van der Waals surface area contributed by atoms with Crippen molar-refractivity contribution in [1.29, 1.82) is 0 Å². The maximum absolute atomic E-state index is 13.5. The van der Waals surface area contributed by atoms with E-state index in [9.17, 15) is 25.1 Å². The number of hydrogen-bond donors (Lipinski definition) is 3. The molecule has 3 aromatic rings.